The minimum absolute atomic E-state index is 0.130. The zero-order valence-electron chi connectivity index (χ0n) is 12.6. The summed E-state index contributed by atoms with van der Waals surface area (Å²) in [5, 5.41) is 12.6. The Labute approximate surface area is 133 Å². The van der Waals surface area contributed by atoms with Crippen LogP contribution in [0.5, 0.6) is 0 Å². The van der Waals surface area contributed by atoms with E-state index in [4.69, 9.17) is 11.6 Å². The quantitative estimate of drug-likeness (QED) is 0.823. The number of aromatic carboxylic acids is 1. The van der Waals surface area contributed by atoms with Crippen LogP contribution in [0.2, 0.25) is 5.02 Å². The Morgan fingerprint density at radius 2 is 1.82 bits per heavy atom. The molecule has 116 valence electrons. The molecule has 0 fully saturated rings. The number of halogens is 2. The number of nitrogens with one attached hydrogen (secondary N) is 1. The number of anilines is 2. The number of carboxylic acid groups (broad SMARTS) is 1. The van der Waals surface area contributed by atoms with Gasteiger partial charge in [-0.3, -0.25) is 0 Å². The Hall–Kier alpha value is -2.07. The molecule has 2 N–H and O–H groups in total. The van der Waals surface area contributed by atoms with Gasteiger partial charge < -0.3 is 10.4 Å². The van der Waals surface area contributed by atoms with E-state index in [1.165, 1.54) is 6.07 Å². The van der Waals surface area contributed by atoms with Crippen LogP contribution in [0.1, 0.15) is 34.0 Å². The van der Waals surface area contributed by atoms with Gasteiger partial charge >= 0.3 is 5.97 Å². The predicted octanol–water partition coefficient (Wildman–Crippen LogP) is 5.10. The molecule has 2 aromatic rings. The van der Waals surface area contributed by atoms with E-state index in [1.54, 1.807) is 26.0 Å². The van der Waals surface area contributed by atoms with E-state index in [2.05, 4.69) is 5.32 Å². The Kier molecular flexibility index (Phi) is 4.71. The zero-order valence-corrected chi connectivity index (χ0v) is 13.4. The lowest BCUT2D eigenvalue weighted by molar-refractivity contribution is 0.0698. The van der Waals surface area contributed by atoms with Gasteiger partial charge in [0.2, 0.25) is 0 Å². The maximum Gasteiger partial charge on any atom is 0.337 e. The molecule has 2 aromatic carbocycles. The van der Waals surface area contributed by atoms with Crippen LogP contribution >= 0.6 is 11.6 Å². The van der Waals surface area contributed by atoms with Gasteiger partial charge in [0.1, 0.15) is 5.82 Å². The fourth-order valence-corrected chi connectivity index (χ4v) is 2.65. The van der Waals surface area contributed by atoms with Crippen molar-refractivity contribution in [2.75, 3.05) is 5.32 Å². The molecule has 0 bridgehead atoms. The van der Waals surface area contributed by atoms with Crippen molar-refractivity contribution in [1.29, 1.82) is 0 Å². The summed E-state index contributed by atoms with van der Waals surface area (Å²) in [6.07, 6.45) is 0.732. The van der Waals surface area contributed by atoms with Crippen molar-refractivity contribution in [2.24, 2.45) is 0 Å². The van der Waals surface area contributed by atoms with Gasteiger partial charge in [0.15, 0.2) is 0 Å². The van der Waals surface area contributed by atoms with E-state index in [9.17, 15) is 14.3 Å². The maximum absolute atomic E-state index is 14.1. The van der Waals surface area contributed by atoms with Crippen LogP contribution in [0.3, 0.4) is 0 Å². The molecule has 0 saturated heterocycles. The largest absolute Gasteiger partial charge is 0.478 e. The molecule has 0 spiro atoms. The summed E-state index contributed by atoms with van der Waals surface area (Å²) in [7, 11) is 0. The second-order valence-electron chi connectivity index (χ2n) is 5.20. The van der Waals surface area contributed by atoms with Crippen LogP contribution in [0.4, 0.5) is 15.8 Å². The minimum Gasteiger partial charge on any atom is -0.478 e. The smallest absolute Gasteiger partial charge is 0.337 e. The molecule has 0 heterocycles. The number of benzene rings is 2. The van der Waals surface area contributed by atoms with Crippen LogP contribution in [0.15, 0.2) is 24.3 Å². The first-order chi connectivity index (χ1) is 10.3. The van der Waals surface area contributed by atoms with Gasteiger partial charge in [0, 0.05) is 5.02 Å². The summed E-state index contributed by atoms with van der Waals surface area (Å²) in [6.45, 7) is 5.47. The van der Waals surface area contributed by atoms with Crippen molar-refractivity contribution in [3.8, 4) is 0 Å². The molecule has 0 radical (unpaired) electrons. The minimum atomic E-state index is -1.05. The molecule has 0 unspecified atom stereocenters. The number of rotatable bonds is 4. The molecular formula is C17H17ClFNO2. The van der Waals surface area contributed by atoms with Crippen molar-refractivity contribution < 1.29 is 14.3 Å². The Morgan fingerprint density at radius 1 is 1.18 bits per heavy atom. The van der Waals surface area contributed by atoms with Crippen molar-refractivity contribution in [3.63, 3.8) is 0 Å². The highest BCUT2D eigenvalue weighted by Gasteiger charge is 2.17. The zero-order chi connectivity index (χ0) is 16.4. The normalized spacial score (nSPS) is 10.6. The first kappa shape index (κ1) is 16.3. The Bertz CT molecular complexity index is 721. The van der Waals surface area contributed by atoms with Gasteiger partial charge in [-0.15, -0.1) is 0 Å². The molecule has 22 heavy (non-hydrogen) atoms. The van der Waals surface area contributed by atoms with Gasteiger partial charge in [-0.2, -0.15) is 0 Å². The number of hydrogen-bond acceptors (Lipinski definition) is 2. The SMILES string of the molecule is CCc1cc(C)c(Nc2c(C)cc(Cl)cc2F)c(C(=O)O)c1. The molecule has 0 aliphatic heterocycles. The Morgan fingerprint density at radius 3 is 2.36 bits per heavy atom. The standard InChI is InChI=1S/C17H17ClFNO2/c1-4-11-5-9(2)15(13(7-11)17(21)22)20-16-10(3)6-12(18)8-14(16)19/h5-8,20H,4H2,1-3H3,(H,21,22). The molecular weight excluding hydrogens is 305 g/mol. The average Bonchev–Trinajstić information content (AvgIpc) is 2.43. The van der Waals surface area contributed by atoms with Crippen LogP contribution in [-0.4, -0.2) is 11.1 Å². The Balaban J connectivity index is 2.57. The van der Waals surface area contributed by atoms with E-state index >= 15 is 0 Å². The predicted molar refractivity (Wildman–Crippen MR) is 86.9 cm³/mol. The second kappa shape index (κ2) is 6.36. The molecule has 0 aromatic heterocycles. The summed E-state index contributed by atoms with van der Waals surface area (Å²) in [5.74, 6) is -1.56. The molecule has 5 heteroatoms. The third kappa shape index (κ3) is 3.22. The molecule has 0 aliphatic rings. The fourth-order valence-electron chi connectivity index (χ4n) is 2.39. The van der Waals surface area contributed by atoms with Gasteiger partial charge in [0.05, 0.1) is 16.9 Å². The number of aryl methyl sites for hydroxylation is 3. The topological polar surface area (TPSA) is 49.3 Å². The highest BCUT2D eigenvalue weighted by Crippen LogP contribution is 2.31. The number of carbonyl (C=O) groups is 1. The van der Waals surface area contributed by atoms with Crippen LogP contribution in [0.25, 0.3) is 0 Å². The van der Waals surface area contributed by atoms with Crippen molar-refractivity contribution in [3.05, 3.63) is 57.4 Å². The van der Waals surface area contributed by atoms with Crippen molar-refractivity contribution >= 4 is 28.9 Å². The van der Waals surface area contributed by atoms with Gasteiger partial charge in [-0.1, -0.05) is 24.6 Å². The lowest BCUT2D eigenvalue weighted by Gasteiger charge is -2.17. The average molecular weight is 322 g/mol. The van der Waals surface area contributed by atoms with E-state index in [0.717, 1.165) is 17.5 Å². The third-order valence-corrected chi connectivity index (χ3v) is 3.75. The fraction of sp³-hybridized carbons (Fsp3) is 0.235. The van der Waals surface area contributed by atoms with Crippen LogP contribution < -0.4 is 5.32 Å². The monoisotopic (exact) mass is 321 g/mol. The highest BCUT2D eigenvalue weighted by atomic mass is 35.5. The summed E-state index contributed by atoms with van der Waals surface area (Å²) < 4.78 is 14.1. The van der Waals surface area contributed by atoms with Crippen LogP contribution in [-0.2, 0) is 6.42 Å². The highest BCUT2D eigenvalue weighted by molar-refractivity contribution is 6.30. The van der Waals surface area contributed by atoms with Gasteiger partial charge in [0.25, 0.3) is 0 Å². The summed E-state index contributed by atoms with van der Waals surface area (Å²) in [4.78, 5) is 11.5. The van der Waals surface area contributed by atoms with E-state index in [-0.39, 0.29) is 11.3 Å². The van der Waals surface area contributed by atoms with E-state index in [0.29, 0.717) is 16.3 Å². The number of hydrogen-bond donors (Lipinski definition) is 2. The van der Waals surface area contributed by atoms with Gasteiger partial charge in [-0.05, 0) is 55.2 Å². The molecule has 0 amide bonds. The van der Waals surface area contributed by atoms with Crippen LogP contribution in [0, 0.1) is 19.7 Å². The first-order valence-electron chi connectivity index (χ1n) is 6.93. The lowest BCUT2D eigenvalue weighted by Crippen LogP contribution is -2.07. The van der Waals surface area contributed by atoms with Gasteiger partial charge in [-0.25, -0.2) is 9.18 Å². The summed E-state index contributed by atoms with van der Waals surface area (Å²) in [5.41, 5.74) is 3.05. The maximum atomic E-state index is 14.1. The second-order valence-corrected chi connectivity index (χ2v) is 5.63. The molecule has 3 nitrogen and oxygen atoms in total. The summed E-state index contributed by atoms with van der Waals surface area (Å²) >= 11 is 5.82. The molecule has 0 saturated carbocycles. The van der Waals surface area contributed by atoms with Crippen molar-refractivity contribution in [2.45, 2.75) is 27.2 Å². The number of carboxylic acids is 1. The molecule has 0 atom stereocenters. The van der Waals surface area contributed by atoms with E-state index < -0.39 is 11.8 Å². The van der Waals surface area contributed by atoms with Crippen molar-refractivity contribution in [1.82, 2.24) is 0 Å². The lowest BCUT2D eigenvalue weighted by atomic mass is 10.0. The third-order valence-electron chi connectivity index (χ3n) is 3.54. The molecule has 0 aliphatic carbocycles. The summed E-state index contributed by atoms with van der Waals surface area (Å²) in [6, 6.07) is 6.34. The molecule has 2 rings (SSSR count). The first-order valence-corrected chi connectivity index (χ1v) is 7.30. The van der Waals surface area contributed by atoms with E-state index in [1.807, 2.05) is 13.0 Å².